The van der Waals surface area contributed by atoms with Crippen molar-refractivity contribution in [3.8, 4) is 0 Å². The summed E-state index contributed by atoms with van der Waals surface area (Å²) in [5.74, 6) is 1.37. The maximum atomic E-state index is 13.0. The molecule has 1 N–H and O–H groups in total. The normalized spacial score (nSPS) is 16.7. The van der Waals surface area contributed by atoms with E-state index in [2.05, 4.69) is 20.2 Å². The number of likely N-dealkylation sites (tertiary alicyclic amines) is 1. The molecule has 3 aromatic heterocycles. The summed E-state index contributed by atoms with van der Waals surface area (Å²) in [7, 11) is 0. The fraction of sp³-hybridized carbons (Fsp3) is 0.286. The third kappa shape index (κ3) is 3.16. The average Bonchev–Trinajstić information content (AvgIpc) is 3.39. The Morgan fingerprint density at radius 3 is 2.93 bits per heavy atom. The molecule has 4 heterocycles. The smallest absolute Gasteiger partial charge is 0.258 e. The minimum Gasteiger partial charge on any atom is -0.332 e. The molecule has 0 radical (unpaired) electrons. The largest absolute Gasteiger partial charge is 0.332 e. The van der Waals surface area contributed by atoms with Gasteiger partial charge in [-0.05, 0) is 37.1 Å². The van der Waals surface area contributed by atoms with Crippen molar-refractivity contribution in [2.24, 2.45) is 0 Å². The van der Waals surface area contributed by atoms with Gasteiger partial charge in [0.25, 0.3) is 5.56 Å². The molecule has 0 spiro atoms. The van der Waals surface area contributed by atoms with Gasteiger partial charge in [0.2, 0.25) is 5.91 Å². The van der Waals surface area contributed by atoms with Crippen LogP contribution in [0.1, 0.15) is 37.0 Å². The van der Waals surface area contributed by atoms with Crippen molar-refractivity contribution in [1.82, 2.24) is 29.5 Å². The van der Waals surface area contributed by atoms with Crippen molar-refractivity contribution in [2.45, 2.75) is 31.7 Å². The molecular formula is C21H20N6O2. The van der Waals surface area contributed by atoms with Gasteiger partial charge in [0, 0.05) is 25.6 Å². The lowest BCUT2D eigenvalue weighted by Gasteiger charge is -2.23. The summed E-state index contributed by atoms with van der Waals surface area (Å²) in [5, 5.41) is 9.10. The van der Waals surface area contributed by atoms with Crippen molar-refractivity contribution in [1.29, 1.82) is 0 Å². The van der Waals surface area contributed by atoms with Crippen LogP contribution in [0.5, 0.6) is 0 Å². The molecule has 4 aromatic rings. The molecule has 1 fully saturated rings. The Hall–Kier alpha value is -3.55. The fourth-order valence-electron chi connectivity index (χ4n) is 4.04. The van der Waals surface area contributed by atoms with Gasteiger partial charge < -0.3 is 9.88 Å². The van der Waals surface area contributed by atoms with Gasteiger partial charge in [-0.1, -0.05) is 18.2 Å². The molecule has 1 saturated heterocycles. The summed E-state index contributed by atoms with van der Waals surface area (Å²) in [4.78, 5) is 34.3. The first-order valence-corrected chi connectivity index (χ1v) is 9.78. The zero-order valence-electron chi connectivity index (χ0n) is 15.8. The minimum atomic E-state index is -0.174. The van der Waals surface area contributed by atoms with Crippen LogP contribution in [0, 0.1) is 0 Å². The second kappa shape index (κ2) is 7.12. The van der Waals surface area contributed by atoms with Crippen LogP contribution in [0.4, 0.5) is 0 Å². The number of aromatic amines is 1. The highest BCUT2D eigenvalue weighted by molar-refractivity contribution is 5.78. The zero-order valence-corrected chi connectivity index (χ0v) is 15.8. The maximum Gasteiger partial charge on any atom is 0.258 e. The molecule has 5 rings (SSSR count). The number of amides is 1. The number of fused-ring (bicyclic) bond motifs is 2. The van der Waals surface area contributed by atoms with Crippen molar-refractivity contribution in [2.75, 3.05) is 6.54 Å². The van der Waals surface area contributed by atoms with Crippen LogP contribution in [-0.4, -0.2) is 41.9 Å². The number of carbonyl (C=O) groups is 1. The van der Waals surface area contributed by atoms with E-state index in [4.69, 9.17) is 0 Å². The van der Waals surface area contributed by atoms with Gasteiger partial charge in [-0.15, -0.1) is 10.2 Å². The number of rotatable bonds is 4. The number of H-pyrrole nitrogens is 1. The maximum absolute atomic E-state index is 13.0. The molecular weight excluding hydrogens is 368 g/mol. The number of benzene rings is 1. The number of nitrogens with one attached hydrogen (secondary N) is 1. The summed E-state index contributed by atoms with van der Waals surface area (Å²) >= 11 is 0. The van der Waals surface area contributed by atoms with E-state index in [1.165, 1.54) is 0 Å². The monoisotopic (exact) mass is 388 g/mol. The van der Waals surface area contributed by atoms with Crippen molar-refractivity contribution >= 4 is 22.5 Å². The van der Waals surface area contributed by atoms with Gasteiger partial charge in [0.1, 0.15) is 5.82 Å². The van der Waals surface area contributed by atoms with Gasteiger partial charge in [0.15, 0.2) is 11.5 Å². The van der Waals surface area contributed by atoms with Crippen molar-refractivity contribution in [3.63, 3.8) is 0 Å². The Balaban J connectivity index is 1.35. The molecule has 1 atom stereocenters. The number of hydrogen-bond donors (Lipinski definition) is 1. The number of nitrogens with zero attached hydrogens (tertiary/aromatic N) is 5. The van der Waals surface area contributed by atoms with E-state index in [9.17, 15) is 9.59 Å². The van der Waals surface area contributed by atoms with E-state index in [-0.39, 0.29) is 23.9 Å². The van der Waals surface area contributed by atoms with E-state index in [1.54, 1.807) is 6.07 Å². The lowest BCUT2D eigenvalue weighted by Crippen LogP contribution is -2.32. The predicted octanol–water partition coefficient (Wildman–Crippen LogP) is 2.26. The molecule has 0 aliphatic carbocycles. The number of pyridine rings is 1. The van der Waals surface area contributed by atoms with Crippen LogP contribution >= 0.6 is 0 Å². The highest BCUT2D eigenvalue weighted by atomic mass is 16.2. The number of para-hydroxylation sites is 1. The van der Waals surface area contributed by atoms with Gasteiger partial charge in [0.05, 0.1) is 16.9 Å². The van der Waals surface area contributed by atoms with Crippen LogP contribution in [0.25, 0.3) is 16.6 Å². The van der Waals surface area contributed by atoms with Crippen molar-refractivity contribution < 1.29 is 4.79 Å². The Morgan fingerprint density at radius 2 is 2.00 bits per heavy atom. The molecule has 146 valence electrons. The summed E-state index contributed by atoms with van der Waals surface area (Å²) in [6.07, 6.45) is 4.41. The first kappa shape index (κ1) is 17.5. The fourth-order valence-corrected chi connectivity index (χ4v) is 4.04. The summed E-state index contributed by atoms with van der Waals surface area (Å²) in [6.45, 7) is 0.701. The first-order valence-electron chi connectivity index (χ1n) is 9.78. The predicted molar refractivity (Wildman–Crippen MR) is 107 cm³/mol. The standard InChI is InChI=1S/C21H20N6O2/c28-19(11-10-17-22-15-7-2-1-6-14(15)21(29)23-17)26-13-5-8-16(26)20-25-24-18-9-3-4-12-27(18)20/h1-4,6-7,9,12,16H,5,8,10-11,13H2,(H,22,23,29)/t16-/m1/s1. The number of aryl methyl sites for hydroxylation is 1. The minimum absolute atomic E-state index is 0.0380. The Labute approximate surface area is 166 Å². The van der Waals surface area contributed by atoms with Crippen LogP contribution in [-0.2, 0) is 11.2 Å². The molecule has 8 nitrogen and oxygen atoms in total. The molecule has 1 aromatic carbocycles. The number of hydrogen-bond acceptors (Lipinski definition) is 5. The van der Waals surface area contributed by atoms with E-state index < -0.39 is 0 Å². The second-order valence-corrected chi connectivity index (χ2v) is 7.26. The molecule has 0 unspecified atom stereocenters. The first-order chi connectivity index (χ1) is 14.2. The molecule has 0 saturated carbocycles. The van der Waals surface area contributed by atoms with E-state index in [1.807, 2.05) is 51.9 Å². The average molecular weight is 388 g/mol. The highest BCUT2D eigenvalue weighted by Gasteiger charge is 2.32. The van der Waals surface area contributed by atoms with Crippen LogP contribution in [0.2, 0.25) is 0 Å². The van der Waals surface area contributed by atoms with Crippen LogP contribution < -0.4 is 5.56 Å². The van der Waals surface area contributed by atoms with Gasteiger partial charge in [-0.2, -0.15) is 0 Å². The van der Waals surface area contributed by atoms with E-state index >= 15 is 0 Å². The van der Waals surface area contributed by atoms with E-state index in [0.29, 0.717) is 29.7 Å². The summed E-state index contributed by atoms with van der Waals surface area (Å²) in [5.41, 5.74) is 1.25. The van der Waals surface area contributed by atoms with Gasteiger partial charge in [-0.3, -0.25) is 14.0 Å². The molecule has 8 heteroatoms. The lowest BCUT2D eigenvalue weighted by atomic mass is 10.2. The quantitative estimate of drug-likeness (QED) is 0.578. The van der Waals surface area contributed by atoms with Gasteiger partial charge >= 0.3 is 0 Å². The SMILES string of the molecule is O=C(CCc1nc2ccccc2c(=O)[nH]1)N1CCC[C@@H]1c1nnc2ccccn12. The van der Waals surface area contributed by atoms with E-state index in [0.717, 1.165) is 24.3 Å². The van der Waals surface area contributed by atoms with Crippen LogP contribution in [0.15, 0.2) is 53.5 Å². The number of carbonyl (C=O) groups excluding carboxylic acids is 1. The third-order valence-corrected chi connectivity index (χ3v) is 5.45. The molecule has 1 amide bonds. The molecule has 29 heavy (non-hydrogen) atoms. The van der Waals surface area contributed by atoms with Gasteiger partial charge in [-0.25, -0.2) is 4.98 Å². The molecule has 0 bridgehead atoms. The number of aromatic nitrogens is 5. The van der Waals surface area contributed by atoms with Crippen molar-refractivity contribution in [3.05, 3.63) is 70.7 Å². The van der Waals surface area contributed by atoms with Crippen LogP contribution in [0.3, 0.4) is 0 Å². The summed E-state index contributed by atoms with van der Waals surface area (Å²) in [6, 6.07) is 12.9. The molecule has 1 aliphatic rings. The Kier molecular flexibility index (Phi) is 4.31. The zero-order chi connectivity index (χ0) is 19.8. The highest BCUT2D eigenvalue weighted by Crippen LogP contribution is 2.31. The summed E-state index contributed by atoms with van der Waals surface area (Å²) < 4.78 is 1.94. The molecule has 1 aliphatic heterocycles. The third-order valence-electron chi connectivity index (χ3n) is 5.45. The Morgan fingerprint density at radius 1 is 1.14 bits per heavy atom. The second-order valence-electron chi connectivity index (χ2n) is 7.26. The Bertz CT molecular complexity index is 1260. The lowest BCUT2D eigenvalue weighted by molar-refractivity contribution is -0.132. The topological polar surface area (TPSA) is 96.2 Å².